The fourth-order valence-corrected chi connectivity index (χ4v) is 2.89. The van der Waals surface area contributed by atoms with Gasteiger partial charge in [-0.3, -0.25) is 0 Å². The Morgan fingerprint density at radius 2 is 1.90 bits per heavy atom. The van der Waals surface area contributed by atoms with E-state index in [1.54, 1.807) is 0 Å². The first kappa shape index (κ1) is 16.5. The molecule has 1 aliphatic heterocycles. The first-order chi connectivity index (χ1) is 10.1. The van der Waals surface area contributed by atoms with Gasteiger partial charge < -0.3 is 15.2 Å². The number of rotatable bonds is 8. The minimum atomic E-state index is -0.0741. The van der Waals surface area contributed by atoms with E-state index in [9.17, 15) is 5.11 Å². The molecule has 0 spiro atoms. The predicted molar refractivity (Wildman–Crippen MR) is 86.4 cm³/mol. The molecule has 1 aromatic rings. The molecular formula is C18H29NO2. The van der Waals surface area contributed by atoms with E-state index < -0.39 is 0 Å². The van der Waals surface area contributed by atoms with Gasteiger partial charge in [0.15, 0.2) is 0 Å². The average molecular weight is 291 g/mol. The van der Waals surface area contributed by atoms with E-state index in [0.717, 1.165) is 13.0 Å². The van der Waals surface area contributed by atoms with Crippen LogP contribution in [-0.2, 0) is 11.2 Å². The highest BCUT2D eigenvalue weighted by atomic mass is 16.5. The molecule has 1 unspecified atom stereocenters. The van der Waals surface area contributed by atoms with Crippen molar-refractivity contribution in [2.24, 2.45) is 11.3 Å². The second-order valence-corrected chi connectivity index (χ2v) is 6.75. The van der Waals surface area contributed by atoms with Crippen molar-refractivity contribution in [3.8, 4) is 0 Å². The molecule has 2 rings (SSSR count). The summed E-state index contributed by atoms with van der Waals surface area (Å²) in [6, 6.07) is 9.29. The summed E-state index contributed by atoms with van der Waals surface area (Å²) >= 11 is 0. The zero-order valence-corrected chi connectivity index (χ0v) is 13.6. The minimum Gasteiger partial charge on any atom is -0.396 e. The first-order valence-electron chi connectivity index (χ1n) is 8.11. The fourth-order valence-electron chi connectivity index (χ4n) is 2.89. The Kier molecular flexibility index (Phi) is 5.80. The number of benzene rings is 1. The van der Waals surface area contributed by atoms with Crippen LogP contribution in [0.4, 0.5) is 0 Å². The topological polar surface area (TPSA) is 41.5 Å². The molecule has 1 atom stereocenters. The van der Waals surface area contributed by atoms with Crippen LogP contribution >= 0.6 is 0 Å². The Labute approximate surface area is 128 Å². The van der Waals surface area contributed by atoms with Gasteiger partial charge in [-0.25, -0.2) is 0 Å². The van der Waals surface area contributed by atoms with Gasteiger partial charge in [-0.15, -0.1) is 0 Å². The van der Waals surface area contributed by atoms with E-state index in [2.05, 4.69) is 50.4 Å². The van der Waals surface area contributed by atoms with Crippen LogP contribution < -0.4 is 5.32 Å². The molecule has 3 nitrogen and oxygen atoms in total. The Morgan fingerprint density at radius 3 is 2.33 bits per heavy atom. The van der Waals surface area contributed by atoms with Crippen molar-refractivity contribution in [2.75, 3.05) is 26.4 Å². The average Bonchev–Trinajstić information content (AvgIpc) is 2.43. The van der Waals surface area contributed by atoms with Crippen molar-refractivity contribution in [2.45, 2.75) is 39.7 Å². The van der Waals surface area contributed by atoms with E-state index in [0.29, 0.717) is 25.2 Å². The number of nitrogens with one attached hydrogen (secondary N) is 1. The van der Waals surface area contributed by atoms with Crippen molar-refractivity contribution in [3.63, 3.8) is 0 Å². The van der Waals surface area contributed by atoms with Crippen LogP contribution in [0.2, 0.25) is 0 Å². The molecule has 0 radical (unpaired) electrons. The zero-order valence-electron chi connectivity index (χ0n) is 13.6. The summed E-state index contributed by atoms with van der Waals surface area (Å²) in [6.45, 7) is 9.01. The number of hydrogen-bond acceptors (Lipinski definition) is 3. The molecule has 118 valence electrons. The summed E-state index contributed by atoms with van der Waals surface area (Å²) in [4.78, 5) is 0. The molecule has 1 aromatic carbocycles. The van der Waals surface area contributed by atoms with E-state index in [1.807, 2.05) is 0 Å². The van der Waals surface area contributed by atoms with Crippen molar-refractivity contribution in [1.82, 2.24) is 5.32 Å². The summed E-state index contributed by atoms with van der Waals surface area (Å²) in [7, 11) is 0. The largest absolute Gasteiger partial charge is 0.396 e. The van der Waals surface area contributed by atoms with Crippen molar-refractivity contribution < 1.29 is 9.84 Å². The normalized spacial score (nSPS) is 18.5. The van der Waals surface area contributed by atoms with Gasteiger partial charge in [0, 0.05) is 12.6 Å². The van der Waals surface area contributed by atoms with Crippen molar-refractivity contribution >= 4 is 0 Å². The van der Waals surface area contributed by atoms with E-state index in [4.69, 9.17) is 4.74 Å². The van der Waals surface area contributed by atoms with Crippen LogP contribution in [0.1, 0.15) is 44.4 Å². The van der Waals surface area contributed by atoms with Crippen LogP contribution in [0.3, 0.4) is 0 Å². The second kappa shape index (κ2) is 7.39. The molecule has 21 heavy (non-hydrogen) atoms. The number of aliphatic hydroxyl groups is 1. The summed E-state index contributed by atoms with van der Waals surface area (Å²) in [5.41, 5.74) is 2.66. The maximum Gasteiger partial charge on any atom is 0.0579 e. The lowest BCUT2D eigenvalue weighted by molar-refractivity contribution is -0.135. The quantitative estimate of drug-likeness (QED) is 0.774. The third kappa shape index (κ3) is 4.06. The SMILES string of the molecule is CCCc1ccc(C(NCC2(CO)COC2)C(C)C)cc1. The summed E-state index contributed by atoms with van der Waals surface area (Å²) in [6.07, 6.45) is 2.33. The molecule has 1 fully saturated rings. The number of hydrogen-bond donors (Lipinski definition) is 2. The van der Waals surface area contributed by atoms with Crippen molar-refractivity contribution in [3.05, 3.63) is 35.4 Å². The first-order valence-corrected chi connectivity index (χ1v) is 8.11. The maximum atomic E-state index is 9.53. The predicted octanol–water partition coefficient (Wildman–Crippen LogP) is 2.93. The Hall–Kier alpha value is -0.900. The summed E-state index contributed by atoms with van der Waals surface area (Å²) in [5.74, 6) is 0.513. The third-order valence-corrected chi connectivity index (χ3v) is 4.39. The van der Waals surface area contributed by atoms with Crippen LogP contribution in [0.25, 0.3) is 0 Å². The molecule has 0 aliphatic carbocycles. The molecule has 2 N–H and O–H groups in total. The Balaban J connectivity index is 2.01. The summed E-state index contributed by atoms with van der Waals surface area (Å²) in [5, 5.41) is 13.2. The highest BCUT2D eigenvalue weighted by Crippen LogP contribution is 2.29. The van der Waals surface area contributed by atoms with Gasteiger partial charge in [-0.1, -0.05) is 51.5 Å². The van der Waals surface area contributed by atoms with Gasteiger partial charge in [0.2, 0.25) is 0 Å². The van der Waals surface area contributed by atoms with Gasteiger partial charge >= 0.3 is 0 Å². The molecule has 0 aromatic heterocycles. The lowest BCUT2D eigenvalue weighted by Crippen LogP contribution is -2.53. The van der Waals surface area contributed by atoms with Gasteiger partial charge in [0.25, 0.3) is 0 Å². The van der Waals surface area contributed by atoms with E-state index in [1.165, 1.54) is 17.5 Å². The van der Waals surface area contributed by atoms with E-state index >= 15 is 0 Å². The molecule has 3 heteroatoms. The molecule has 0 bridgehead atoms. The van der Waals surface area contributed by atoms with Crippen molar-refractivity contribution in [1.29, 1.82) is 0 Å². The lowest BCUT2D eigenvalue weighted by Gasteiger charge is -2.41. The van der Waals surface area contributed by atoms with Crippen LogP contribution in [-0.4, -0.2) is 31.5 Å². The van der Waals surface area contributed by atoms with Crippen LogP contribution in [0.15, 0.2) is 24.3 Å². The fraction of sp³-hybridized carbons (Fsp3) is 0.667. The second-order valence-electron chi connectivity index (χ2n) is 6.75. The minimum absolute atomic E-state index is 0.0741. The van der Waals surface area contributed by atoms with Crippen LogP contribution in [0.5, 0.6) is 0 Å². The van der Waals surface area contributed by atoms with Gasteiger partial charge in [-0.05, 0) is 23.5 Å². The summed E-state index contributed by atoms with van der Waals surface area (Å²) < 4.78 is 5.27. The maximum absolute atomic E-state index is 9.53. The standard InChI is InChI=1S/C18H29NO2/c1-4-5-15-6-8-16(9-7-15)17(14(2)3)19-10-18(11-20)12-21-13-18/h6-9,14,17,19-20H,4-5,10-13H2,1-3H3. The molecule has 1 aliphatic rings. The molecule has 0 saturated carbocycles. The Morgan fingerprint density at radius 1 is 1.24 bits per heavy atom. The third-order valence-electron chi connectivity index (χ3n) is 4.39. The highest BCUT2D eigenvalue weighted by Gasteiger charge is 2.38. The smallest absolute Gasteiger partial charge is 0.0579 e. The van der Waals surface area contributed by atoms with Crippen LogP contribution in [0, 0.1) is 11.3 Å². The van der Waals surface area contributed by atoms with Gasteiger partial charge in [0.1, 0.15) is 0 Å². The highest BCUT2D eigenvalue weighted by molar-refractivity contribution is 5.25. The number of aliphatic hydroxyl groups excluding tert-OH is 1. The van der Waals surface area contributed by atoms with Gasteiger partial charge in [-0.2, -0.15) is 0 Å². The molecule has 0 amide bonds. The number of ether oxygens (including phenoxy) is 1. The zero-order chi connectivity index (χ0) is 15.3. The molecular weight excluding hydrogens is 262 g/mol. The molecule has 1 saturated heterocycles. The number of aryl methyl sites for hydroxylation is 1. The monoisotopic (exact) mass is 291 g/mol. The van der Waals surface area contributed by atoms with Gasteiger partial charge in [0.05, 0.1) is 25.2 Å². The lowest BCUT2D eigenvalue weighted by atomic mass is 9.85. The Bertz CT molecular complexity index is 418. The molecule has 1 heterocycles. The van der Waals surface area contributed by atoms with E-state index in [-0.39, 0.29) is 12.0 Å².